The van der Waals surface area contributed by atoms with E-state index in [1.54, 1.807) is 6.08 Å². The number of fused-ring (bicyclic) bond motifs is 1. The van der Waals surface area contributed by atoms with Crippen molar-refractivity contribution in [2.24, 2.45) is 10.7 Å². The third-order valence-electron chi connectivity index (χ3n) is 2.54. The Morgan fingerprint density at radius 1 is 1.36 bits per heavy atom. The number of nitrogens with zero attached hydrogens (tertiary/aromatic N) is 1. The molecule has 0 saturated carbocycles. The Balaban J connectivity index is 2.35. The molecule has 2 rings (SSSR count). The highest BCUT2D eigenvalue weighted by Gasteiger charge is 2.14. The van der Waals surface area contributed by atoms with Crippen molar-refractivity contribution >= 4 is 11.4 Å². The molecule has 2 N–H and O–H groups in total. The smallest absolute Gasteiger partial charge is 0.0661 e. The molecule has 2 heteroatoms. The molecule has 0 amide bonds. The van der Waals surface area contributed by atoms with Gasteiger partial charge in [-0.1, -0.05) is 24.3 Å². The topological polar surface area (TPSA) is 38.4 Å². The van der Waals surface area contributed by atoms with Gasteiger partial charge in [-0.2, -0.15) is 0 Å². The van der Waals surface area contributed by atoms with Crippen LogP contribution >= 0.6 is 0 Å². The maximum Gasteiger partial charge on any atom is 0.0661 e. The van der Waals surface area contributed by atoms with Crippen molar-refractivity contribution in [1.29, 1.82) is 0 Å². The van der Waals surface area contributed by atoms with Gasteiger partial charge in [-0.15, -0.1) is 6.58 Å². The first-order valence-corrected chi connectivity index (χ1v) is 4.85. The highest BCUT2D eigenvalue weighted by molar-refractivity contribution is 5.94. The van der Waals surface area contributed by atoms with Crippen LogP contribution in [0.3, 0.4) is 0 Å². The van der Waals surface area contributed by atoms with Gasteiger partial charge in [0.15, 0.2) is 0 Å². The lowest BCUT2D eigenvalue weighted by Crippen LogP contribution is -2.29. The minimum absolute atomic E-state index is 0.0941. The van der Waals surface area contributed by atoms with E-state index in [0.29, 0.717) is 0 Å². The number of hydrogen-bond acceptors (Lipinski definition) is 2. The highest BCUT2D eigenvalue weighted by Crippen LogP contribution is 2.25. The first kappa shape index (κ1) is 9.16. The molecule has 72 valence electrons. The molecule has 1 heterocycles. The molecule has 0 saturated heterocycles. The van der Waals surface area contributed by atoms with Crippen LogP contribution in [-0.2, 0) is 6.42 Å². The molecule has 1 aliphatic heterocycles. The fourth-order valence-electron chi connectivity index (χ4n) is 1.68. The fraction of sp³-hybridized carbons (Fsp3) is 0.250. The molecule has 1 unspecified atom stereocenters. The lowest BCUT2D eigenvalue weighted by molar-refractivity contribution is 0.937. The zero-order valence-electron chi connectivity index (χ0n) is 8.11. The lowest BCUT2D eigenvalue weighted by atomic mass is 9.98. The van der Waals surface area contributed by atoms with E-state index in [2.05, 4.69) is 17.6 Å². The van der Waals surface area contributed by atoms with Crippen LogP contribution in [0.1, 0.15) is 12.0 Å². The standard InChI is InChI=1S/C12H14N2/c1-2-10(13)12-8-7-9-5-3-4-6-11(9)14-12/h2-6,10H,1,7-8,13H2. The summed E-state index contributed by atoms with van der Waals surface area (Å²) in [5.74, 6) is 0. The van der Waals surface area contributed by atoms with Crippen LogP contribution in [0, 0.1) is 0 Å². The third kappa shape index (κ3) is 1.61. The van der Waals surface area contributed by atoms with E-state index >= 15 is 0 Å². The minimum atomic E-state index is -0.0941. The molecule has 0 fully saturated rings. The predicted octanol–water partition coefficient (Wildman–Crippen LogP) is 2.22. The molecule has 14 heavy (non-hydrogen) atoms. The maximum atomic E-state index is 5.86. The molecular formula is C12H14N2. The number of hydrogen-bond donors (Lipinski definition) is 1. The Kier molecular flexibility index (Phi) is 2.46. The van der Waals surface area contributed by atoms with Gasteiger partial charge in [-0.05, 0) is 24.5 Å². The summed E-state index contributed by atoms with van der Waals surface area (Å²) in [6.45, 7) is 3.69. The zero-order valence-corrected chi connectivity index (χ0v) is 8.11. The van der Waals surface area contributed by atoms with Gasteiger partial charge in [0.05, 0.1) is 11.7 Å². The Bertz CT molecular complexity index is 380. The van der Waals surface area contributed by atoms with E-state index < -0.39 is 0 Å². The monoisotopic (exact) mass is 186 g/mol. The zero-order chi connectivity index (χ0) is 9.97. The highest BCUT2D eigenvalue weighted by atomic mass is 14.8. The molecule has 0 radical (unpaired) electrons. The summed E-state index contributed by atoms with van der Waals surface area (Å²) in [5.41, 5.74) is 9.27. The summed E-state index contributed by atoms with van der Waals surface area (Å²) >= 11 is 0. The van der Waals surface area contributed by atoms with E-state index in [1.165, 1.54) is 5.56 Å². The SMILES string of the molecule is C=CC(N)C1=Nc2ccccc2CC1. The summed E-state index contributed by atoms with van der Waals surface area (Å²) in [4.78, 5) is 4.54. The van der Waals surface area contributed by atoms with Gasteiger partial charge < -0.3 is 5.73 Å². The Morgan fingerprint density at radius 3 is 2.93 bits per heavy atom. The first-order valence-electron chi connectivity index (χ1n) is 4.85. The molecular weight excluding hydrogens is 172 g/mol. The van der Waals surface area contributed by atoms with Gasteiger partial charge in [0.25, 0.3) is 0 Å². The normalized spacial score (nSPS) is 16.8. The predicted molar refractivity (Wildman–Crippen MR) is 60.0 cm³/mol. The van der Waals surface area contributed by atoms with Crippen LogP contribution in [-0.4, -0.2) is 11.8 Å². The number of rotatable bonds is 2. The van der Waals surface area contributed by atoms with Crippen LogP contribution in [0.5, 0.6) is 0 Å². The molecule has 0 aromatic heterocycles. The van der Waals surface area contributed by atoms with Gasteiger partial charge in [-0.3, -0.25) is 4.99 Å². The van der Waals surface area contributed by atoms with Crippen molar-refractivity contribution in [3.8, 4) is 0 Å². The van der Waals surface area contributed by atoms with Crippen LogP contribution in [0.4, 0.5) is 5.69 Å². The van der Waals surface area contributed by atoms with Gasteiger partial charge in [0.2, 0.25) is 0 Å². The average Bonchev–Trinajstić information content (AvgIpc) is 2.27. The quantitative estimate of drug-likeness (QED) is 0.706. The molecule has 0 aliphatic carbocycles. The lowest BCUT2D eigenvalue weighted by Gasteiger charge is -2.17. The van der Waals surface area contributed by atoms with Crippen LogP contribution in [0.2, 0.25) is 0 Å². The number of aryl methyl sites for hydroxylation is 1. The van der Waals surface area contributed by atoms with Crippen LogP contribution in [0.25, 0.3) is 0 Å². The minimum Gasteiger partial charge on any atom is -0.320 e. The van der Waals surface area contributed by atoms with Gasteiger partial charge >= 0.3 is 0 Å². The number of para-hydroxylation sites is 1. The van der Waals surface area contributed by atoms with E-state index in [4.69, 9.17) is 5.73 Å². The fourth-order valence-corrected chi connectivity index (χ4v) is 1.68. The second-order valence-corrected chi connectivity index (χ2v) is 3.49. The maximum absolute atomic E-state index is 5.86. The second kappa shape index (κ2) is 3.76. The van der Waals surface area contributed by atoms with Crippen molar-refractivity contribution in [1.82, 2.24) is 0 Å². The van der Waals surface area contributed by atoms with Gasteiger partial charge in [0, 0.05) is 5.71 Å². The van der Waals surface area contributed by atoms with E-state index in [-0.39, 0.29) is 6.04 Å². The summed E-state index contributed by atoms with van der Waals surface area (Å²) in [6, 6.07) is 8.11. The van der Waals surface area contributed by atoms with Crippen molar-refractivity contribution in [3.05, 3.63) is 42.5 Å². The van der Waals surface area contributed by atoms with E-state index in [1.807, 2.05) is 18.2 Å². The molecule has 0 bridgehead atoms. The summed E-state index contributed by atoms with van der Waals surface area (Å²) in [6.07, 6.45) is 3.73. The Hall–Kier alpha value is -1.41. The molecule has 1 atom stereocenters. The Labute approximate surface area is 84.2 Å². The third-order valence-corrected chi connectivity index (χ3v) is 2.54. The second-order valence-electron chi connectivity index (χ2n) is 3.49. The van der Waals surface area contributed by atoms with Gasteiger partial charge in [0.1, 0.15) is 0 Å². The summed E-state index contributed by atoms with van der Waals surface area (Å²) < 4.78 is 0. The van der Waals surface area contributed by atoms with Crippen LogP contribution in [0.15, 0.2) is 41.9 Å². The van der Waals surface area contributed by atoms with Gasteiger partial charge in [-0.25, -0.2) is 0 Å². The van der Waals surface area contributed by atoms with Crippen molar-refractivity contribution in [2.75, 3.05) is 0 Å². The summed E-state index contributed by atoms with van der Waals surface area (Å²) in [5, 5.41) is 0. The molecule has 2 nitrogen and oxygen atoms in total. The van der Waals surface area contributed by atoms with Crippen molar-refractivity contribution < 1.29 is 0 Å². The van der Waals surface area contributed by atoms with E-state index in [9.17, 15) is 0 Å². The largest absolute Gasteiger partial charge is 0.320 e. The first-order chi connectivity index (χ1) is 6.81. The van der Waals surface area contributed by atoms with Crippen molar-refractivity contribution in [2.45, 2.75) is 18.9 Å². The van der Waals surface area contributed by atoms with Crippen LogP contribution < -0.4 is 5.73 Å². The van der Waals surface area contributed by atoms with E-state index in [0.717, 1.165) is 24.2 Å². The number of nitrogens with two attached hydrogens (primary N) is 1. The number of aliphatic imine (C=N–C) groups is 1. The molecule has 1 aliphatic rings. The number of benzene rings is 1. The molecule has 1 aromatic carbocycles. The average molecular weight is 186 g/mol. The van der Waals surface area contributed by atoms with Crippen molar-refractivity contribution in [3.63, 3.8) is 0 Å². The summed E-state index contributed by atoms with van der Waals surface area (Å²) in [7, 11) is 0. The molecule has 1 aromatic rings. The molecule has 0 spiro atoms. The Morgan fingerprint density at radius 2 is 2.14 bits per heavy atom.